The van der Waals surface area contributed by atoms with Crippen molar-refractivity contribution in [2.24, 2.45) is 0 Å². The Hall–Kier alpha value is -7.98. The van der Waals surface area contributed by atoms with Crippen LogP contribution in [-0.4, -0.2) is 17.2 Å². The van der Waals surface area contributed by atoms with Gasteiger partial charge in [0.15, 0.2) is 8.07 Å². The van der Waals surface area contributed by atoms with Crippen LogP contribution >= 0.6 is 0 Å². The standard InChI is InChI=1S/C60H42N2Si/c1-6-22-43(23-7-1)45-26-20-27-46(42-45)61-54-37-18-16-34-50(54)52-36-21-39-56(59(52)61)62-55-38-19-17-35-51(55)53-40-41-57(58(60(53)62)44-24-8-2-9-25-44)63(47-28-10-3-11-29-47,48-30-12-4-13-31-48)49-32-14-5-15-33-49/h1-42H. The fourth-order valence-corrected chi connectivity index (χ4v) is 15.4. The molecule has 0 aliphatic heterocycles. The summed E-state index contributed by atoms with van der Waals surface area (Å²) in [6, 6.07) is 94.4. The van der Waals surface area contributed by atoms with E-state index in [0.717, 1.165) is 11.4 Å². The Bertz CT molecular complexity index is 3500. The molecule has 0 saturated heterocycles. The maximum absolute atomic E-state index is 3.02. The monoisotopic (exact) mass is 818 g/mol. The molecule has 2 aromatic heterocycles. The minimum Gasteiger partial charge on any atom is -0.307 e. The SMILES string of the molecule is c1ccc(-c2cccc(-n3c4ccccc4c4cccc(-n5c6ccccc6c6ccc([Si](c7ccccc7)(c7ccccc7)c7ccccc7)c(-c7ccccc7)c65)c43)c2)cc1. The second-order valence-electron chi connectivity index (χ2n) is 16.4. The Morgan fingerprint density at radius 1 is 0.286 bits per heavy atom. The zero-order valence-corrected chi connectivity index (χ0v) is 35.6. The molecule has 2 nitrogen and oxygen atoms in total. The summed E-state index contributed by atoms with van der Waals surface area (Å²) in [5.74, 6) is 0. The predicted molar refractivity (Wildman–Crippen MR) is 270 cm³/mol. The average molecular weight is 819 g/mol. The topological polar surface area (TPSA) is 9.86 Å². The molecule has 0 saturated carbocycles. The number of rotatable bonds is 8. The van der Waals surface area contributed by atoms with Crippen LogP contribution in [0.15, 0.2) is 255 Å². The van der Waals surface area contributed by atoms with Gasteiger partial charge in [0, 0.05) is 32.8 Å². The quantitative estimate of drug-likeness (QED) is 0.107. The lowest BCUT2D eigenvalue weighted by Gasteiger charge is -2.36. The molecule has 0 unspecified atom stereocenters. The van der Waals surface area contributed by atoms with Crippen molar-refractivity contribution in [1.82, 2.24) is 9.13 Å². The normalized spacial score (nSPS) is 11.8. The van der Waals surface area contributed by atoms with Gasteiger partial charge in [-0.2, -0.15) is 0 Å². The first-order valence-corrected chi connectivity index (χ1v) is 23.8. The molecule has 12 aromatic rings. The van der Waals surface area contributed by atoms with Gasteiger partial charge in [-0.25, -0.2) is 0 Å². The number of para-hydroxylation sites is 3. The van der Waals surface area contributed by atoms with Gasteiger partial charge in [0.05, 0.1) is 27.8 Å². The number of hydrogen-bond donors (Lipinski definition) is 0. The molecule has 63 heavy (non-hydrogen) atoms. The summed E-state index contributed by atoms with van der Waals surface area (Å²) in [6.07, 6.45) is 0. The lowest BCUT2D eigenvalue weighted by atomic mass is 10.0. The number of hydrogen-bond acceptors (Lipinski definition) is 0. The Balaban J connectivity index is 1.27. The lowest BCUT2D eigenvalue weighted by molar-refractivity contribution is 1.13. The molecule has 296 valence electrons. The van der Waals surface area contributed by atoms with Gasteiger partial charge in [-0.15, -0.1) is 0 Å². The molecule has 0 atom stereocenters. The fraction of sp³-hybridized carbons (Fsp3) is 0. The van der Waals surface area contributed by atoms with Gasteiger partial charge in [0.2, 0.25) is 0 Å². The third-order valence-corrected chi connectivity index (χ3v) is 17.9. The zero-order chi connectivity index (χ0) is 41.7. The van der Waals surface area contributed by atoms with Gasteiger partial charge in [0.1, 0.15) is 0 Å². The summed E-state index contributed by atoms with van der Waals surface area (Å²) >= 11 is 0. The van der Waals surface area contributed by atoms with Crippen molar-refractivity contribution in [2.45, 2.75) is 0 Å². The van der Waals surface area contributed by atoms with Gasteiger partial charge < -0.3 is 9.13 Å². The van der Waals surface area contributed by atoms with E-state index in [-0.39, 0.29) is 0 Å². The van der Waals surface area contributed by atoms with Crippen LogP contribution in [0, 0.1) is 0 Å². The van der Waals surface area contributed by atoms with E-state index >= 15 is 0 Å². The second kappa shape index (κ2) is 15.2. The minimum absolute atomic E-state index is 1.13. The van der Waals surface area contributed by atoms with Crippen LogP contribution in [0.25, 0.3) is 77.2 Å². The zero-order valence-electron chi connectivity index (χ0n) is 34.6. The lowest BCUT2D eigenvalue weighted by Crippen LogP contribution is -2.75. The van der Waals surface area contributed by atoms with Crippen molar-refractivity contribution in [2.75, 3.05) is 0 Å². The van der Waals surface area contributed by atoms with Gasteiger partial charge >= 0.3 is 0 Å². The van der Waals surface area contributed by atoms with Gasteiger partial charge in [-0.3, -0.25) is 0 Å². The summed E-state index contributed by atoms with van der Waals surface area (Å²) in [5.41, 5.74) is 11.9. The molecule has 0 aliphatic rings. The van der Waals surface area contributed by atoms with Crippen molar-refractivity contribution in [1.29, 1.82) is 0 Å². The molecule has 0 radical (unpaired) electrons. The highest BCUT2D eigenvalue weighted by Crippen LogP contribution is 2.42. The van der Waals surface area contributed by atoms with Crippen LogP contribution in [0.4, 0.5) is 0 Å². The largest absolute Gasteiger partial charge is 0.307 e. The van der Waals surface area contributed by atoms with E-state index in [0.29, 0.717) is 0 Å². The van der Waals surface area contributed by atoms with E-state index in [4.69, 9.17) is 0 Å². The number of fused-ring (bicyclic) bond motifs is 6. The summed E-state index contributed by atoms with van der Waals surface area (Å²) in [4.78, 5) is 0. The first-order valence-electron chi connectivity index (χ1n) is 21.8. The smallest absolute Gasteiger partial charge is 0.180 e. The van der Waals surface area contributed by atoms with Crippen LogP contribution in [0.2, 0.25) is 0 Å². The van der Waals surface area contributed by atoms with Crippen molar-refractivity contribution in [3.05, 3.63) is 255 Å². The van der Waals surface area contributed by atoms with E-state index in [1.807, 2.05) is 0 Å². The highest BCUT2D eigenvalue weighted by atomic mass is 28.3. The maximum atomic E-state index is 2.59. The summed E-state index contributed by atoms with van der Waals surface area (Å²) in [7, 11) is -3.02. The van der Waals surface area contributed by atoms with Gasteiger partial charge in [0.25, 0.3) is 0 Å². The molecule has 0 fully saturated rings. The Labute approximate surface area is 368 Å². The molecule has 0 bridgehead atoms. The van der Waals surface area contributed by atoms with E-state index < -0.39 is 8.07 Å². The van der Waals surface area contributed by atoms with Gasteiger partial charge in [-0.05, 0) is 67.8 Å². The van der Waals surface area contributed by atoms with E-state index in [1.54, 1.807) is 0 Å². The van der Waals surface area contributed by atoms with Crippen molar-refractivity contribution >= 4 is 72.4 Å². The first-order chi connectivity index (χ1) is 31.3. The van der Waals surface area contributed by atoms with Crippen LogP contribution in [0.3, 0.4) is 0 Å². The van der Waals surface area contributed by atoms with Crippen LogP contribution in [0.5, 0.6) is 0 Å². The number of benzene rings is 10. The molecular weight excluding hydrogens is 777 g/mol. The van der Waals surface area contributed by atoms with E-state index in [9.17, 15) is 0 Å². The predicted octanol–water partition coefficient (Wildman–Crippen LogP) is 12.6. The minimum atomic E-state index is -3.02. The van der Waals surface area contributed by atoms with Crippen molar-refractivity contribution < 1.29 is 0 Å². The number of nitrogens with zero attached hydrogens (tertiary/aromatic N) is 2. The average Bonchev–Trinajstić information content (AvgIpc) is 3.89. The highest BCUT2D eigenvalue weighted by molar-refractivity contribution is 7.20. The molecule has 0 spiro atoms. The summed E-state index contributed by atoms with van der Waals surface area (Å²) < 4.78 is 5.09. The maximum Gasteiger partial charge on any atom is 0.180 e. The van der Waals surface area contributed by atoms with Crippen LogP contribution in [-0.2, 0) is 0 Å². The molecule has 10 aromatic carbocycles. The Kier molecular flexibility index (Phi) is 8.87. The molecule has 2 heterocycles. The van der Waals surface area contributed by atoms with Gasteiger partial charge in [-0.1, -0.05) is 224 Å². The van der Waals surface area contributed by atoms with Crippen molar-refractivity contribution in [3.8, 4) is 33.6 Å². The second-order valence-corrected chi connectivity index (χ2v) is 20.2. The number of aromatic nitrogens is 2. The van der Waals surface area contributed by atoms with E-state index in [2.05, 4.69) is 264 Å². The first kappa shape index (κ1) is 36.8. The van der Waals surface area contributed by atoms with Crippen LogP contribution in [0.1, 0.15) is 0 Å². The third kappa shape index (κ3) is 5.78. The van der Waals surface area contributed by atoms with Crippen molar-refractivity contribution in [3.63, 3.8) is 0 Å². The molecule has 0 N–H and O–H groups in total. The molecule has 12 rings (SSSR count). The Morgan fingerprint density at radius 3 is 1.32 bits per heavy atom. The summed E-state index contributed by atoms with van der Waals surface area (Å²) in [6.45, 7) is 0. The van der Waals surface area contributed by atoms with Crippen LogP contribution < -0.4 is 20.7 Å². The highest BCUT2D eigenvalue weighted by Gasteiger charge is 2.44. The molecule has 3 heteroatoms. The summed E-state index contributed by atoms with van der Waals surface area (Å²) in [5, 5.41) is 10.3. The van der Waals surface area contributed by atoms with E-state index in [1.165, 1.54) is 86.6 Å². The molecule has 0 amide bonds. The third-order valence-electron chi connectivity index (χ3n) is 13.0. The fourth-order valence-electron chi connectivity index (χ4n) is 10.5. The molecule has 0 aliphatic carbocycles. The Morgan fingerprint density at radius 2 is 0.730 bits per heavy atom. The molecular formula is C60H42N2Si.